The molecule has 2 fully saturated rings. The molecule has 6 aromatic heterocycles. The van der Waals surface area contributed by atoms with Gasteiger partial charge in [0.05, 0.1) is 66.0 Å². The molecule has 2 atom stereocenters. The van der Waals surface area contributed by atoms with Crippen molar-refractivity contribution in [2.45, 2.75) is 77.2 Å². The average Bonchev–Trinajstić information content (AvgIpc) is 4.17. The van der Waals surface area contributed by atoms with Gasteiger partial charge in [-0.3, -0.25) is 18.7 Å². The van der Waals surface area contributed by atoms with E-state index < -0.39 is 5.60 Å². The number of amides is 1. The molecule has 18 nitrogen and oxygen atoms in total. The second kappa shape index (κ2) is 19.0. The molecule has 1 N–H and O–H groups in total. The van der Waals surface area contributed by atoms with Crippen molar-refractivity contribution >= 4 is 52.7 Å². The van der Waals surface area contributed by atoms with Crippen LogP contribution in [0.1, 0.15) is 68.5 Å². The molecule has 4 aliphatic rings. The normalized spacial score (nSPS) is 17.9. The number of ether oxygens (including phenoxy) is 3. The summed E-state index contributed by atoms with van der Waals surface area (Å²) >= 11 is 0. The molecule has 69 heavy (non-hydrogen) atoms. The molecule has 0 radical (unpaired) electrons. The van der Waals surface area contributed by atoms with Crippen LogP contribution in [0.15, 0.2) is 61.2 Å². The van der Waals surface area contributed by atoms with Crippen molar-refractivity contribution in [3.8, 4) is 45.0 Å². The molecule has 0 spiro atoms. The minimum absolute atomic E-state index is 0. The summed E-state index contributed by atoms with van der Waals surface area (Å²) in [5, 5.41) is 23.9. The van der Waals surface area contributed by atoms with Gasteiger partial charge in [-0.2, -0.15) is 20.4 Å². The van der Waals surface area contributed by atoms with Gasteiger partial charge < -0.3 is 33.6 Å². The molecule has 1 amide bonds. The van der Waals surface area contributed by atoms with Gasteiger partial charge in [0.1, 0.15) is 28.6 Å². The first kappa shape index (κ1) is 48.0. The standard InChI is InChI=1S/C27H33N7O3.C22H25N7O.2ClH/c1-27(2,3)37-26(35)33-9-10-34-22(15-33)24(29-25(34)18-8-11-36-16-18)17-6-7-21-20(12-17)23(30-32(21)5)19-13-28-31(4)14-19;1-27-12-16(10-24-27)20-17-9-14(3-4-18(17)28(2)26-20)21-19-11-23-6-7-29(19)22(25-21)15-5-8-30-13-15;;/h6-7,12-14,18H,8-11,15-16H2,1-5H3;3-4,9-10,12,15,23H,5-8,11,13H2,1-2H3;2*1H. The minimum Gasteiger partial charge on any atom is -0.444 e. The number of carbonyl (C=O) groups excluding carboxylic acids is 1. The summed E-state index contributed by atoms with van der Waals surface area (Å²) in [5.74, 6) is 2.88. The number of aromatic nitrogens is 12. The van der Waals surface area contributed by atoms with Crippen LogP contribution in [0.3, 0.4) is 0 Å². The maximum Gasteiger partial charge on any atom is 0.410 e. The average molecular weight is 980 g/mol. The Morgan fingerprint density at radius 3 is 1.68 bits per heavy atom. The number of rotatable bonds is 6. The summed E-state index contributed by atoms with van der Waals surface area (Å²) in [6.45, 7) is 13.2. The Kier molecular flexibility index (Phi) is 13.2. The zero-order valence-corrected chi connectivity index (χ0v) is 41.8. The quantitative estimate of drug-likeness (QED) is 0.177. The summed E-state index contributed by atoms with van der Waals surface area (Å²) in [7, 11) is 7.78. The Hall–Kier alpha value is -6.05. The van der Waals surface area contributed by atoms with Gasteiger partial charge >= 0.3 is 6.09 Å². The van der Waals surface area contributed by atoms with E-state index in [2.05, 4.69) is 61.0 Å². The molecule has 20 heteroatoms. The van der Waals surface area contributed by atoms with Gasteiger partial charge in [-0.25, -0.2) is 14.8 Å². The van der Waals surface area contributed by atoms with Crippen LogP contribution in [-0.2, 0) is 68.6 Å². The van der Waals surface area contributed by atoms with Gasteiger partial charge in [0.2, 0.25) is 0 Å². The van der Waals surface area contributed by atoms with Crippen LogP contribution in [0, 0.1) is 0 Å². The van der Waals surface area contributed by atoms with Crippen molar-refractivity contribution in [1.82, 2.24) is 68.4 Å². The van der Waals surface area contributed by atoms with Crippen molar-refractivity contribution in [3.05, 3.63) is 84.2 Å². The maximum atomic E-state index is 13.0. The molecule has 12 rings (SSSR count). The fourth-order valence-corrected chi connectivity index (χ4v) is 10.1. The predicted octanol–water partition coefficient (Wildman–Crippen LogP) is 7.38. The highest BCUT2D eigenvalue weighted by Gasteiger charge is 2.34. The Bertz CT molecular complexity index is 3160. The smallest absolute Gasteiger partial charge is 0.410 e. The van der Waals surface area contributed by atoms with Gasteiger partial charge in [0.25, 0.3) is 0 Å². The summed E-state index contributed by atoms with van der Waals surface area (Å²) in [4.78, 5) is 25.1. The van der Waals surface area contributed by atoms with Crippen LogP contribution < -0.4 is 5.32 Å². The molecular weight excluding hydrogens is 920 g/mol. The fraction of sp³-hybridized carbons (Fsp3) is 0.449. The van der Waals surface area contributed by atoms with E-state index in [4.69, 9.17) is 34.4 Å². The second-order valence-electron chi connectivity index (χ2n) is 19.2. The number of hydrogen-bond acceptors (Lipinski definition) is 11. The van der Waals surface area contributed by atoms with Crippen molar-refractivity contribution in [2.75, 3.05) is 39.5 Å². The van der Waals surface area contributed by atoms with E-state index in [1.807, 2.05) is 87.8 Å². The first-order valence-corrected chi connectivity index (χ1v) is 23.3. The molecular formula is C49H60Cl2N14O4. The molecule has 2 aromatic carbocycles. The van der Waals surface area contributed by atoms with Crippen molar-refractivity contribution in [1.29, 1.82) is 0 Å². The van der Waals surface area contributed by atoms with Gasteiger partial charge in [-0.15, -0.1) is 24.8 Å². The maximum absolute atomic E-state index is 13.0. The largest absolute Gasteiger partial charge is 0.444 e. The van der Waals surface area contributed by atoms with Crippen LogP contribution >= 0.6 is 24.8 Å². The lowest BCUT2D eigenvalue weighted by atomic mass is 10.0. The highest BCUT2D eigenvalue weighted by atomic mass is 35.5. The number of imidazole rings is 2. The van der Waals surface area contributed by atoms with E-state index in [9.17, 15) is 4.79 Å². The van der Waals surface area contributed by atoms with E-state index in [0.717, 1.165) is 131 Å². The molecule has 2 saturated heterocycles. The van der Waals surface area contributed by atoms with Crippen LogP contribution in [-0.4, -0.2) is 114 Å². The van der Waals surface area contributed by atoms with Crippen LogP contribution in [0.5, 0.6) is 0 Å². The zero-order valence-electron chi connectivity index (χ0n) is 40.2. The highest BCUT2D eigenvalue weighted by Crippen LogP contribution is 2.38. The lowest BCUT2D eigenvalue weighted by Crippen LogP contribution is -2.41. The molecule has 2 unspecified atom stereocenters. The molecule has 4 aliphatic heterocycles. The Morgan fingerprint density at radius 2 is 1.20 bits per heavy atom. The Morgan fingerprint density at radius 1 is 0.681 bits per heavy atom. The first-order valence-electron chi connectivity index (χ1n) is 23.3. The fourth-order valence-electron chi connectivity index (χ4n) is 10.1. The van der Waals surface area contributed by atoms with E-state index in [-0.39, 0.29) is 36.8 Å². The number of benzene rings is 2. The number of halogens is 2. The highest BCUT2D eigenvalue weighted by molar-refractivity contribution is 5.97. The van der Waals surface area contributed by atoms with E-state index in [0.29, 0.717) is 32.2 Å². The van der Waals surface area contributed by atoms with E-state index in [1.54, 1.807) is 9.58 Å². The second-order valence-corrected chi connectivity index (χ2v) is 19.2. The SMILES string of the molecule is Cl.Cl.Cn1cc(-c2nn(C)c3ccc(-c4nc(C5CCOC5)n5c4CN(C(=O)OC(C)(C)C)CC5)cc23)cn1.Cn1cc(-c2nn(C)c3ccc(-c4nc(C5CCOC5)n5c4CNCC5)cc23)cn1. The third-order valence-corrected chi connectivity index (χ3v) is 13.4. The molecule has 8 aromatic rings. The predicted molar refractivity (Wildman–Crippen MR) is 267 cm³/mol. The van der Waals surface area contributed by atoms with Crippen LogP contribution in [0.2, 0.25) is 0 Å². The summed E-state index contributed by atoms with van der Waals surface area (Å²) in [5.41, 5.74) is 11.9. The van der Waals surface area contributed by atoms with Gasteiger partial charge in [-0.1, -0.05) is 12.1 Å². The topological polar surface area (TPSA) is 167 Å². The Balaban J connectivity index is 0.000000170. The van der Waals surface area contributed by atoms with Crippen LogP contribution in [0.25, 0.3) is 66.8 Å². The first-order chi connectivity index (χ1) is 32.4. The van der Waals surface area contributed by atoms with E-state index >= 15 is 0 Å². The number of nitrogens with one attached hydrogen (secondary N) is 1. The summed E-state index contributed by atoms with van der Waals surface area (Å²) in [6, 6.07) is 12.9. The lowest BCUT2D eigenvalue weighted by molar-refractivity contribution is 0.0198. The monoisotopic (exact) mass is 978 g/mol. The molecule has 0 aliphatic carbocycles. The molecule has 0 saturated carbocycles. The lowest BCUT2D eigenvalue weighted by Gasteiger charge is -2.32. The Labute approximate surface area is 412 Å². The summed E-state index contributed by atoms with van der Waals surface area (Å²) < 4.78 is 29.2. The number of aryl methyl sites for hydroxylation is 4. The van der Waals surface area contributed by atoms with Crippen molar-refractivity contribution < 1.29 is 19.0 Å². The number of fused-ring (bicyclic) bond motifs is 4. The third kappa shape index (κ3) is 9.04. The number of nitrogens with zero attached hydrogens (tertiary/aromatic N) is 13. The van der Waals surface area contributed by atoms with E-state index in [1.165, 1.54) is 11.5 Å². The molecule has 0 bridgehead atoms. The van der Waals surface area contributed by atoms with Crippen LogP contribution in [0.4, 0.5) is 4.79 Å². The minimum atomic E-state index is -0.544. The molecule has 364 valence electrons. The third-order valence-electron chi connectivity index (χ3n) is 13.4. The summed E-state index contributed by atoms with van der Waals surface area (Å²) in [6.07, 6.45) is 9.41. The number of hydrogen-bond donors (Lipinski definition) is 1. The van der Waals surface area contributed by atoms with Crippen molar-refractivity contribution in [3.63, 3.8) is 0 Å². The van der Waals surface area contributed by atoms with Gasteiger partial charge in [0, 0.05) is 131 Å². The van der Waals surface area contributed by atoms with Crippen molar-refractivity contribution in [2.24, 2.45) is 28.2 Å². The molecule has 10 heterocycles. The van der Waals surface area contributed by atoms with Gasteiger partial charge in [0.15, 0.2) is 0 Å². The van der Waals surface area contributed by atoms with Gasteiger partial charge in [-0.05, 0) is 57.9 Å². The number of carbonyl (C=O) groups is 1. The zero-order chi connectivity index (χ0) is 46.1.